The minimum atomic E-state index is -3.92. The van der Waals surface area contributed by atoms with Crippen molar-refractivity contribution in [2.75, 3.05) is 35.1 Å². The van der Waals surface area contributed by atoms with Gasteiger partial charge in [-0.1, -0.05) is 18.2 Å². The van der Waals surface area contributed by atoms with Gasteiger partial charge < -0.3 is 15.0 Å². The number of amides is 1. The standard InChI is InChI=1S/C25H27N3O4S/c1-32-22-13-10-20(11-14-22)27-33(30,31)24-18-21(26-25(29)19-8-4-2-5-9-19)12-15-23(24)28-16-6-3-7-17-28/h2,4-5,8-15,18,27H,3,6-7,16-17H2,1H3,(H,26,29). The Labute approximate surface area is 194 Å². The number of hydrogen-bond acceptors (Lipinski definition) is 5. The Kier molecular flexibility index (Phi) is 6.84. The summed E-state index contributed by atoms with van der Waals surface area (Å²) in [7, 11) is -2.36. The van der Waals surface area contributed by atoms with Gasteiger partial charge in [-0.15, -0.1) is 0 Å². The average molecular weight is 466 g/mol. The minimum Gasteiger partial charge on any atom is -0.497 e. The molecule has 1 fully saturated rings. The van der Waals surface area contributed by atoms with E-state index in [1.807, 2.05) is 6.07 Å². The highest BCUT2D eigenvalue weighted by molar-refractivity contribution is 7.92. The first kappa shape index (κ1) is 22.7. The molecule has 0 bridgehead atoms. The molecule has 172 valence electrons. The van der Waals surface area contributed by atoms with E-state index in [0.29, 0.717) is 28.4 Å². The lowest BCUT2D eigenvalue weighted by atomic mass is 10.1. The number of anilines is 3. The van der Waals surface area contributed by atoms with E-state index in [1.54, 1.807) is 67.8 Å². The summed E-state index contributed by atoms with van der Waals surface area (Å²) in [6.45, 7) is 1.58. The van der Waals surface area contributed by atoms with Crippen LogP contribution in [-0.2, 0) is 10.0 Å². The summed E-state index contributed by atoms with van der Waals surface area (Å²) < 4.78 is 34.7. The summed E-state index contributed by atoms with van der Waals surface area (Å²) in [5, 5.41) is 2.81. The van der Waals surface area contributed by atoms with E-state index in [-0.39, 0.29) is 10.8 Å². The summed E-state index contributed by atoms with van der Waals surface area (Å²) in [6.07, 6.45) is 3.16. The van der Waals surface area contributed by atoms with Crippen molar-refractivity contribution in [3.63, 3.8) is 0 Å². The monoisotopic (exact) mass is 465 g/mol. The zero-order valence-corrected chi connectivity index (χ0v) is 19.3. The van der Waals surface area contributed by atoms with Crippen molar-refractivity contribution in [1.29, 1.82) is 0 Å². The van der Waals surface area contributed by atoms with Crippen LogP contribution in [0.4, 0.5) is 17.1 Å². The molecule has 4 rings (SSSR count). The molecule has 1 heterocycles. The Morgan fingerprint density at radius 1 is 0.879 bits per heavy atom. The molecule has 0 saturated carbocycles. The molecule has 7 nitrogen and oxygen atoms in total. The summed E-state index contributed by atoms with van der Waals surface area (Å²) in [5.74, 6) is 0.338. The van der Waals surface area contributed by atoms with E-state index < -0.39 is 10.0 Å². The van der Waals surface area contributed by atoms with E-state index in [9.17, 15) is 13.2 Å². The van der Waals surface area contributed by atoms with Crippen LogP contribution in [0.3, 0.4) is 0 Å². The molecule has 1 saturated heterocycles. The molecule has 0 aromatic heterocycles. The van der Waals surface area contributed by atoms with Crippen LogP contribution in [0, 0.1) is 0 Å². The zero-order chi connectivity index (χ0) is 23.3. The topological polar surface area (TPSA) is 87.7 Å². The molecule has 8 heteroatoms. The van der Waals surface area contributed by atoms with Gasteiger partial charge in [0.1, 0.15) is 10.6 Å². The Hall–Kier alpha value is -3.52. The highest BCUT2D eigenvalue weighted by Crippen LogP contribution is 2.32. The number of hydrogen-bond donors (Lipinski definition) is 2. The van der Waals surface area contributed by atoms with Gasteiger partial charge >= 0.3 is 0 Å². The first-order chi connectivity index (χ1) is 16.0. The summed E-state index contributed by atoms with van der Waals surface area (Å²) >= 11 is 0. The molecular formula is C25H27N3O4S. The lowest BCUT2D eigenvalue weighted by Crippen LogP contribution is -2.31. The van der Waals surface area contributed by atoms with E-state index in [4.69, 9.17) is 4.74 Å². The van der Waals surface area contributed by atoms with Gasteiger partial charge in [0.2, 0.25) is 0 Å². The number of piperidine rings is 1. The second kappa shape index (κ2) is 9.95. The molecule has 33 heavy (non-hydrogen) atoms. The molecule has 0 spiro atoms. The molecule has 1 aliphatic rings. The summed E-state index contributed by atoms with van der Waals surface area (Å²) in [5.41, 5.74) is 1.98. The lowest BCUT2D eigenvalue weighted by Gasteiger charge is -2.30. The molecule has 3 aromatic rings. The van der Waals surface area contributed by atoms with E-state index in [2.05, 4.69) is 14.9 Å². The van der Waals surface area contributed by atoms with Gasteiger partial charge in [0.25, 0.3) is 15.9 Å². The first-order valence-electron chi connectivity index (χ1n) is 10.9. The fourth-order valence-corrected chi connectivity index (χ4v) is 5.18. The number of rotatable bonds is 7. The van der Waals surface area contributed by atoms with E-state index in [0.717, 1.165) is 32.4 Å². The lowest BCUT2D eigenvalue weighted by molar-refractivity contribution is 0.102. The first-order valence-corrected chi connectivity index (χ1v) is 12.4. The molecule has 0 radical (unpaired) electrons. The zero-order valence-electron chi connectivity index (χ0n) is 18.5. The third-order valence-electron chi connectivity index (χ3n) is 5.58. The second-order valence-corrected chi connectivity index (χ2v) is 9.54. The van der Waals surface area contributed by atoms with Crippen LogP contribution in [0.2, 0.25) is 0 Å². The Bertz CT molecular complexity index is 1210. The normalized spacial score (nSPS) is 13.9. The largest absolute Gasteiger partial charge is 0.497 e. The summed E-state index contributed by atoms with van der Waals surface area (Å²) in [4.78, 5) is 14.8. The minimum absolute atomic E-state index is 0.131. The fraction of sp³-hybridized carbons (Fsp3) is 0.240. The number of carbonyl (C=O) groups excluding carboxylic acids is 1. The van der Waals surface area contributed by atoms with Gasteiger partial charge in [-0.25, -0.2) is 8.42 Å². The Balaban J connectivity index is 1.67. The third kappa shape index (κ3) is 5.46. The maximum Gasteiger partial charge on any atom is 0.264 e. The maximum atomic E-state index is 13.4. The molecule has 0 aliphatic carbocycles. The Morgan fingerprint density at radius 2 is 1.55 bits per heavy atom. The van der Waals surface area contributed by atoms with Crippen LogP contribution in [-0.4, -0.2) is 34.5 Å². The molecule has 2 N–H and O–H groups in total. The van der Waals surface area contributed by atoms with Gasteiger partial charge in [-0.3, -0.25) is 9.52 Å². The van der Waals surface area contributed by atoms with E-state index in [1.165, 1.54) is 6.07 Å². The van der Waals surface area contributed by atoms with Crippen LogP contribution in [0.5, 0.6) is 5.75 Å². The van der Waals surface area contributed by atoms with E-state index >= 15 is 0 Å². The van der Waals surface area contributed by atoms with Gasteiger partial charge in [0.15, 0.2) is 0 Å². The summed E-state index contributed by atoms with van der Waals surface area (Å²) in [6, 6.07) is 20.5. The van der Waals surface area contributed by atoms with Crippen molar-refractivity contribution < 1.29 is 17.9 Å². The number of nitrogens with one attached hydrogen (secondary N) is 2. The number of ether oxygens (including phenoxy) is 1. The third-order valence-corrected chi connectivity index (χ3v) is 6.99. The van der Waals surface area contributed by atoms with Crippen molar-refractivity contribution in [1.82, 2.24) is 0 Å². The smallest absolute Gasteiger partial charge is 0.264 e. The maximum absolute atomic E-state index is 13.4. The van der Waals surface area contributed by atoms with Crippen molar-refractivity contribution in [3.8, 4) is 5.75 Å². The second-order valence-electron chi connectivity index (χ2n) is 7.88. The number of benzene rings is 3. The number of carbonyl (C=O) groups is 1. The number of methoxy groups -OCH3 is 1. The van der Waals surface area contributed by atoms with Crippen LogP contribution in [0.25, 0.3) is 0 Å². The van der Waals surface area contributed by atoms with Crippen LogP contribution in [0.15, 0.2) is 77.7 Å². The number of nitrogens with zero attached hydrogens (tertiary/aromatic N) is 1. The molecule has 0 atom stereocenters. The molecule has 1 aliphatic heterocycles. The van der Waals surface area contributed by atoms with Gasteiger partial charge in [-0.05, 0) is 73.9 Å². The predicted octanol–water partition coefficient (Wildman–Crippen LogP) is 4.74. The van der Waals surface area contributed by atoms with Gasteiger partial charge in [0.05, 0.1) is 12.8 Å². The average Bonchev–Trinajstić information content (AvgIpc) is 2.85. The van der Waals surface area contributed by atoms with Crippen molar-refractivity contribution in [3.05, 3.63) is 78.4 Å². The van der Waals surface area contributed by atoms with Gasteiger partial charge in [-0.2, -0.15) is 0 Å². The molecule has 1 amide bonds. The highest BCUT2D eigenvalue weighted by Gasteiger charge is 2.24. The van der Waals surface area contributed by atoms with Crippen molar-refractivity contribution in [2.45, 2.75) is 24.2 Å². The molecular weight excluding hydrogens is 438 g/mol. The Morgan fingerprint density at radius 3 is 2.21 bits per heavy atom. The van der Waals surface area contributed by atoms with Crippen LogP contribution >= 0.6 is 0 Å². The highest BCUT2D eigenvalue weighted by atomic mass is 32.2. The van der Waals surface area contributed by atoms with Crippen molar-refractivity contribution in [2.24, 2.45) is 0 Å². The predicted molar refractivity (Wildman–Crippen MR) is 131 cm³/mol. The van der Waals surface area contributed by atoms with Crippen molar-refractivity contribution >= 4 is 33.0 Å². The quantitative estimate of drug-likeness (QED) is 0.526. The molecule has 0 unspecified atom stereocenters. The van der Waals surface area contributed by atoms with Crippen LogP contribution in [0.1, 0.15) is 29.6 Å². The SMILES string of the molecule is COc1ccc(NS(=O)(=O)c2cc(NC(=O)c3ccccc3)ccc2N2CCCCC2)cc1. The molecule has 3 aromatic carbocycles. The fourth-order valence-electron chi connectivity index (χ4n) is 3.87. The van der Waals surface area contributed by atoms with Gasteiger partial charge in [0, 0.05) is 30.0 Å². The number of sulfonamides is 1. The van der Waals surface area contributed by atoms with Crippen LogP contribution < -0.4 is 19.7 Å².